The van der Waals surface area contributed by atoms with E-state index < -0.39 is 4.93 Å². The summed E-state index contributed by atoms with van der Waals surface area (Å²) < 4.78 is 5.57. The van der Waals surface area contributed by atoms with Crippen molar-refractivity contribution in [2.75, 3.05) is 6.54 Å². The molecule has 0 aliphatic carbocycles. The first-order chi connectivity index (χ1) is 11.3. The molecule has 3 nitrogen and oxygen atoms in total. The maximum atomic E-state index is 10.1. The number of halogens is 1. The molecule has 0 aliphatic heterocycles. The molecule has 2 rings (SSSR count). The highest BCUT2D eigenvalue weighted by atomic mass is 35.5. The van der Waals surface area contributed by atoms with Crippen molar-refractivity contribution in [3.63, 3.8) is 0 Å². The molecule has 24 heavy (non-hydrogen) atoms. The molecule has 1 N–H and O–H groups in total. The number of benzene rings is 2. The highest BCUT2D eigenvalue weighted by molar-refractivity contribution is 7.81. The Bertz CT molecular complexity index is 586. The molecule has 2 aromatic rings. The minimum atomic E-state index is -0.472. The van der Waals surface area contributed by atoms with Gasteiger partial charge in [0, 0.05) is 11.6 Å². The third kappa shape index (κ3) is 9.48. The summed E-state index contributed by atoms with van der Waals surface area (Å²) in [6.45, 7) is 6.47. The SMILES string of the molecule is CC(C)(S)Oc1ccc(CCNC=O)cc1.Cc1ccc(Cl)cc1. The fourth-order valence-electron chi connectivity index (χ4n) is 1.82. The van der Waals surface area contributed by atoms with Crippen molar-refractivity contribution in [1.82, 2.24) is 5.32 Å². The second-order valence-electron chi connectivity index (χ2n) is 5.81. The lowest BCUT2D eigenvalue weighted by Gasteiger charge is -2.20. The van der Waals surface area contributed by atoms with E-state index in [1.54, 1.807) is 0 Å². The number of carbonyl (C=O) groups excluding carboxylic acids is 1. The lowest BCUT2D eigenvalue weighted by molar-refractivity contribution is -0.109. The van der Waals surface area contributed by atoms with Crippen LogP contribution in [0.5, 0.6) is 5.75 Å². The zero-order chi connectivity index (χ0) is 18.0. The van der Waals surface area contributed by atoms with Gasteiger partial charge in [-0.3, -0.25) is 4.79 Å². The Morgan fingerprint density at radius 1 is 1.12 bits per heavy atom. The summed E-state index contributed by atoms with van der Waals surface area (Å²) in [4.78, 5) is 9.59. The van der Waals surface area contributed by atoms with Crippen LogP contribution in [0.3, 0.4) is 0 Å². The molecule has 0 radical (unpaired) electrons. The van der Waals surface area contributed by atoms with Crippen LogP contribution in [0.15, 0.2) is 48.5 Å². The van der Waals surface area contributed by atoms with Gasteiger partial charge in [-0.1, -0.05) is 41.4 Å². The minimum Gasteiger partial charge on any atom is -0.477 e. The Morgan fingerprint density at radius 3 is 2.17 bits per heavy atom. The van der Waals surface area contributed by atoms with E-state index in [0.29, 0.717) is 13.0 Å². The Kier molecular flexibility index (Phi) is 8.72. The van der Waals surface area contributed by atoms with Gasteiger partial charge in [0.05, 0.1) is 0 Å². The van der Waals surface area contributed by atoms with Crippen molar-refractivity contribution in [3.8, 4) is 5.75 Å². The van der Waals surface area contributed by atoms with Crippen molar-refractivity contribution < 1.29 is 9.53 Å². The second kappa shape index (κ2) is 10.3. The number of hydrogen-bond acceptors (Lipinski definition) is 3. The van der Waals surface area contributed by atoms with E-state index in [0.717, 1.165) is 17.2 Å². The molecule has 130 valence electrons. The van der Waals surface area contributed by atoms with Gasteiger partial charge in [-0.25, -0.2) is 0 Å². The molecular weight excluding hydrogens is 342 g/mol. The number of amides is 1. The molecular formula is C19H24ClNO2S. The second-order valence-corrected chi connectivity index (χ2v) is 7.32. The van der Waals surface area contributed by atoms with Gasteiger partial charge >= 0.3 is 0 Å². The first-order valence-electron chi connectivity index (χ1n) is 7.70. The zero-order valence-corrected chi connectivity index (χ0v) is 15.9. The molecule has 5 heteroatoms. The van der Waals surface area contributed by atoms with Crippen LogP contribution in [0.25, 0.3) is 0 Å². The predicted molar refractivity (Wildman–Crippen MR) is 104 cm³/mol. The van der Waals surface area contributed by atoms with Gasteiger partial charge in [-0.15, -0.1) is 12.6 Å². The van der Waals surface area contributed by atoms with Crippen LogP contribution in [-0.4, -0.2) is 17.9 Å². The van der Waals surface area contributed by atoms with Crippen LogP contribution >= 0.6 is 24.2 Å². The van der Waals surface area contributed by atoms with Crippen LogP contribution in [0.2, 0.25) is 5.02 Å². The smallest absolute Gasteiger partial charge is 0.207 e. The van der Waals surface area contributed by atoms with Gasteiger partial charge in [-0.2, -0.15) is 0 Å². The van der Waals surface area contributed by atoms with E-state index in [9.17, 15) is 4.79 Å². The van der Waals surface area contributed by atoms with Crippen molar-refractivity contribution >= 4 is 30.6 Å². The van der Waals surface area contributed by atoms with Crippen LogP contribution in [-0.2, 0) is 11.2 Å². The fourth-order valence-corrected chi connectivity index (χ4v) is 2.05. The van der Waals surface area contributed by atoms with E-state index in [4.69, 9.17) is 16.3 Å². The Balaban J connectivity index is 0.000000300. The molecule has 0 aliphatic rings. The predicted octanol–water partition coefficient (Wildman–Crippen LogP) is 4.67. The minimum absolute atomic E-state index is 0.472. The largest absolute Gasteiger partial charge is 0.477 e. The maximum absolute atomic E-state index is 10.1. The molecule has 0 unspecified atom stereocenters. The Labute approximate surface area is 154 Å². The molecule has 0 saturated carbocycles. The number of nitrogens with one attached hydrogen (secondary N) is 1. The number of hydrogen-bond donors (Lipinski definition) is 2. The average Bonchev–Trinajstić information content (AvgIpc) is 2.51. The van der Waals surface area contributed by atoms with E-state index in [2.05, 4.69) is 17.9 Å². The third-order valence-electron chi connectivity index (χ3n) is 2.94. The van der Waals surface area contributed by atoms with Crippen LogP contribution < -0.4 is 10.1 Å². The van der Waals surface area contributed by atoms with E-state index in [1.807, 2.05) is 69.3 Å². The van der Waals surface area contributed by atoms with Gasteiger partial charge in [-0.05, 0) is 57.0 Å². The number of thiol groups is 1. The highest BCUT2D eigenvalue weighted by Crippen LogP contribution is 2.21. The summed E-state index contributed by atoms with van der Waals surface area (Å²) in [6.07, 6.45) is 1.53. The molecule has 1 amide bonds. The number of aryl methyl sites for hydroxylation is 1. The standard InChI is InChI=1S/C12H17NO2S.C7H7Cl/c1-12(2,16)15-11-5-3-10(4-6-11)7-8-13-9-14;1-6-2-4-7(8)5-3-6/h3-6,9,16H,7-8H2,1-2H3,(H,13,14);2-5H,1H3. The van der Waals surface area contributed by atoms with E-state index in [-0.39, 0.29) is 0 Å². The van der Waals surface area contributed by atoms with Gasteiger partial charge in [0.15, 0.2) is 0 Å². The third-order valence-corrected chi connectivity index (χ3v) is 3.29. The van der Waals surface area contributed by atoms with Crippen molar-refractivity contribution in [2.24, 2.45) is 0 Å². The topological polar surface area (TPSA) is 38.3 Å². The van der Waals surface area contributed by atoms with Gasteiger partial charge in [0.1, 0.15) is 10.7 Å². The number of ether oxygens (including phenoxy) is 1. The zero-order valence-electron chi connectivity index (χ0n) is 14.3. The van der Waals surface area contributed by atoms with Crippen LogP contribution in [0.1, 0.15) is 25.0 Å². The van der Waals surface area contributed by atoms with Gasteiger partial charge < -0.3 is 10.1 Å². The summed E-state index contributed by atoms with van der Waals surface area (Å²) in [6, 6.07) is 15.5. The maximum Gasteiger partial charge on any atom is 0.207 e. The molecule has 0 spiro atoms. The number of carbonyl (C=O) groups is 1. The van der Waals surface area contributed by atoms with Gasteiger partial charge in [0.25, 0.3) is 0 Å². The first kappa shape index (κ1) is 20.4. The fraction of sp³-hybridized carbons (Fsp3) is 0.316. The summed E-state index contributed by atoms with van der Waals surface area (Å²) in [5, 5.41) is 3.43. The lowest BCUT2D eigenvalue weighted by atomic mass is 10.1. The monoisotopic (exact) mass is 365 g/mol. The first-order valence-corrected chi connectivity index (χ1v) is 8.52. The van der Waals surface area contributed by atoms with Crippen molar-refractivity contribution in [3.05, 3.63) is 64.7 Å². The molecule has 2 aromatic carbocycles. The highest BCUT2D eigenvalue weighted by Gasteiger charge is 2.12. The van der Waals surface area contributed by atoms with E-state index >= 15 is 0 Å². The molecule has 0 heterocycles. The summed E-state index contributed by atoms with van der Waals surface area (Å²) >= 11 is 9.90. The lowest BCUT2D eigenvalue weighted by Crippen LogP contribution is -2.19. The molecule has 0 bridgehead atoms. The van der Waals surface area contributed by atoms with Gasteiger partial charge in [0.2, 0.25) is 6.41 Å². The molecule has 0 saturated heterocycles. The van der Waals surface area contributed by atoms with Crippen molar-refractivity contribution in [2.45, 2.75) is 32.1 Å². The Hall–Kier alpha value is -1.65. The Morgan fingerprint density at radius 2 is 1.71 bits per heavy atom. The quantitative estimate of drug-likeness (QED) is 0.338. The summed E-state index contributed by atoms with van der Waals surface area (Å²) in [5.74, 6) is 0.798. The number of rotatable bonds is 6. The summed E-state index contributed by atoms with van der Waals surface area (Å²) in [5.41, 5.74) is 2.41. The average molecular weight is 366 g/mol. The normalized spacial score (nSPS) is 10.4. The van der Waals surface area contributed by atoms with Crippen LogP contribution in [0, 0.1) is 6.92 Å². The molecule has 0 fully saturated rings. The summed E-state index contributed by atoms with van der Waals surface area (Å²) in [7, 11) is 0. The van der Waals surface area contributed by atoms with Crippen molar-refractivity contribution in [1.29, 1.82) is 0 Å². The van der Waals surface area contributed by atoms with E-state index in [1.165, 1.54) is 11.1 Å². The molecule has 0 aromatic heterocycles. The molecule has 0 atom stereocenters. The van der Waals surface area contributed by atoms with Crippen LogP contribution in [0.4, 0.5) is 0 Å².